The van der Waals surface area contributed by atoms with Crippen LogP contribution in [0, 0.1) is 10.5 Å². The summed E-state index contributed by atoms with van der Waals surface area (Å²) >= 11 is 2.26. The van der Waals surface area contributed by atoms with Crippen molar-refractivity contribution in [2.24, 2.45) is 5.10 Å². The summed E-state index contributed by atoms with van der Waals surface area (Å²) in [5, 5.41) is 7.13. The number of anilines is 1. The number of aryl methyl sites for hydroxylation is 1. The second-order valence-corrected chi connectivity index (χ2v) is 7.34. The molecule has 0 atom stereocenters. The Labute approximate surface area is 178 Å². The van der Waals surface area contributed by atoms with Crippen LogP contribution in [0.5, 0.6) is 11.5 Å². The SMILES string of the molecule is Cc1cc(I)ccc1NCC(=O)N/N=C\c1cccc(Oc2ccccc2)c1. The third kappa shape index (κ3) is 6.09. The molecule has 0 heterocycles. The molecule has 5 nitrogen and oxygen atoms in total. The van der Waals surface area contributed by atoms with Gasteiger partial charge in [-0.25, -0.2) is 5.43 Å². The average molecular weight is 485 g/mol. The predicted octanol–water partition coefficient (Wildman–Crippen LogP) is 4.95. The molecule has 2 N–H and O–H groups in total. The first-order valence-corrected chi connectivity index (χ1v) is 9.83. The fourth-order valence-corrected chi connectivity index (χ4v) is 3.15. The van der Waals surface area contributed by atoms with Crippen molar-refractivity contribution in [2.45, 2.75) is 6.92 Å². The Kier molecular flexibility index (Phi) is 7.02. The van der Waals surface area contributed by atoms with E-state index in [1.165, 1.54) is 0 Å². The number of carbonyl (C=O) groups excluding carboxylic acids is 1. The van der Waals surface area contributed by atoms with Crippen LogP contribution in [-0.2, 0) is 4.79 Å². The van der Waals surface area contributed by atoms with Gasteiger partial charge in [0, 0.05) is 9.26 Å². The second kappa shape index (κ2) is 9.89. The molecule has 28 heavy (non-hydrogen) atoms. The second-order valence-electron chi connectivity index (χ2n) is 6.09. The van der Waals surface area contributed by atoms with Crippen LogP contribution in [0.25, 0.3) is 0 Å². The number of para-hydroxylation sites is 1. The summed E-state index contributed by atoms with van der Waals surface area (Å²) in [4.78, 5) is 12.0. The minimum Gasteiger partial charge on any atom is -0.457 e. The number of halogens is 1. The minimum absolute atomic E-state index is 0.149. The number of carbonyl (C=O) groups is 1. The quantitative estimate of drug-likeness (QED) is 0.283. The molecule has 0 fully saturated rings. The summed E-state index contributed by atoms with van der Waals surface area (Å²) in [7, 11) is 0. The number of ether oxygens (including phenoxy) is 1. The van der Waals surface area contributed by atoms with E-state index in [4.69, 9.17) is 4.74 Å². The van der Waals surface area contributed by atoms with Gasteiger partial charge in [-0.3, -0.25) is 4.79 Å². The first-order valence-electron chi connectivity index (χ1n) is 8.75. The highest BCUT2D eigenvalue weighted by molar-refractivity contribution is 14.1. The lowest BCUT2D eigenvalue weighted by Gasteiger charge is -2.09. The molecule has 3 rings (SSSR count). The van der Waals surface area contributed by atoms with Crippen LogP contribution in [0.2, 0.25) is 0 Å². The molecule has 3 aromatic rings. The zero-order chi connectivity index (χ0) is 19.8. The lowest BCUT2D eigenvalue weighted by atomic mass is 10.2. The zero-order valence-corrected chi connectivity index (χ0v) is 17.5. The molecule has 0 aliphatic heterocycles. The van der Waals surface area contributed by atoms with E-state index in [9.17, 15) is 4.79 Å². The molecule has 0 bridgehead atoms. The van der Waals surface area contributed by atoms with Gasteiger partial charge in [0.15, 0.2) is 0 Å². The molecule has 1 amide bonds. The number of hydrogen-bond donors (Lipinski definition) is 2. The Morgan fingerprint density at radius 3 is 2.61 bits per heavy atom. The van der Waals surface area contributed by atoms with E-state index in [2.05, 4.69) is 44.5 Å². The zero-order valence-electron chi connectivity index (χ0n) is 15.4. The van der Waals surface area contributed by atoms with Gasteiger partial charge in [0.1, 0.15) is 11.5 Å². The first-order chi connectivity index (χ1) is 13.6. The van der Waals surface area contributed by atoms with Crippen LogP contribution in [0.15, 0.2) is 77.9 Å². The van der Waals surface area contributed by atoms with Gasteiger partial charge < -0.3 is 10.1 Å². The Bertz CT molecular complexity index is 975. The van der Waals surface area contributed by atoms with Crippen molar-refractivity contribution in [2.75, 3.05) is 11.9 Å². The van der Waals surface area contributed by atoms with Gasteiger partial charge in [-0.1, -0.05) is 30.3 Å². The summed E-state index contributed by atoms with van der Waals surface area (Å²) in [5.74, 6) is 1.25. The highest BCUT2D eigenvalue weighted by Crippen LogP contribution is 2.21. The highest BCUT2D eigenvalue weighted by Gasteiger charge is 2.03. The molecule has 6 heteroatoms. The van der Waals surface area contributed by atoms with Crippen LogP contribution in [-0.4, -0.2) is 18.7 Å². The molecule has 0 saturated carbocycles. The maximum atomic E-state index is 12.0. The number of rotatable bonds is 7. The number of benzene rings is 3. The van der Waals surface area contributed by atoms with Crippen molar-refractivity contribution in [3.8, 4) is 11.5 Å². The molecule has 0 aliphatic carbocycles. The van der Waals surface area contributed by atoms with Crippen molar-refractivity contribution in [1.29, 1.82) is 0 Å². The van der Waals surface area contributed by atoms with Crippen LogP contribution >= 0.6 is 22.6 Å². The van der Waals surface area contributed by atoms with Crippen LogP contribution in [0.1, 0.15) is 11.1 Å². The van der Waals surface area contributed by atoms with Gasteiger partial charge >= 0.3 is 0 Å². The third-order valence-electron chi connectivity index (χ3n) is 3.87. The van der Waals surface area contributed by atoms with Crippen LogP contribution in [0.3, 0.4) is 0 Å². The van der Waals surface area contributed by atoms with E-state index in [0.29, 0.717) is 5.75 Å². The largest absolute Gasteiger partial charge is 0.457 e. The van der Waals surface area contributed by atoms with Gasteiger partial charge in [-0.2, -0.15) is 5.10 Å². The van der Waals surface area contributed by atoms with E-state index in [1.54, 1.807) is 6.21 Å². The Morgan fingerprint density at radius 2 is 1.82 bits per heavy atom. The van der Waals surface area contributed by atoms with Crippen molar-refractivity contribution >= 4 is 40.4 Å². The first kappa shape index (κ1) is 19.9. The maximum absolute atomic E-state index is 12.0. The molecule has 0 radical (unpaired) electrons. The molecule has 0 aromatic heterocycles. The van der Waals surface area contributed by atoms with Crippen molar-refractivity contribution < 1.29 is 9.53 Å². The Morgan fingerprint density at radius 1 is 1.04 bits per heavy atom. The summed E-state index contributed by atoms with van der Waals surface area (Å²) in [6.07, 6.45) is 1.59. The van der Waals surface area contributed by atoms with E-state index < -0.39 is 0 Å². The van der Waals surface area contributed by atoms with Gasteiger partial charge in [0.05, 0.1) is 12.8 Å². The molecule has 0 aliphatic rings. The van der Waals surface area contributed by atoms with E-state index >= 15 is 0 Å². The van der Waals surface area contributed by atoms with Gasteiger partial charge in [-0.05, 0) is 83.1 Å². The van der Waals surface area contributed by atoms with Crippen molar-refractivity contribution in [1.82, 2.24) is 5.43 Å². The monoisotopic (exact) mass is 485 g/mol. The topological polar surface area (TPSA) is 62.7 Å². The number of hydrogen-bond acceptors (Lipinski definition) is 4. The standard InChI is InChI=1S/C22H20IN3O2/c1-16-12-18(23)10-11-21(16)24-15-22(27)26-25-14-17-6-5-9-20(13-17)28-19-7-3-2-4-8-19/h2-14,24H,15H2,1H3,(H,26,27)/b25-14-. The smallest absolute Gasteiger partial charge is 0.259 e. The summed E-state index contributed by atoms with van der Waals surface area (Å²) in [6, 6.07) is 23.1. The fourth-order valence-electron chi connectivity index (χ4n) is 2.50. The number of hydrazone groups is 1. The van der Waals surface area contributed by atoms with Crippen LogP contribution < -0.4 is 15.5 Å². The molecule has 3 aromatic carbocycles. The third-order valence-corrected chi connectivity index (χ3v) is 4.54. The molecule has 0 spiro atoms. The fraction of sp³-hybridized carbons (Fsp3) is 0.0909. The predicted molar refractivity (Wildman–Crippen MR) is 121 cm³/mol. The van der Waals surface area contributed by atoms with E-state index in [0.717, 1.165) is 26.1 Å². The summed E-state index contributed by atoms with van der Waals surface area (Å²) in [5.41, 5.74) is 5.39. The van der Waals surface area contributed by atoms with Gasteiger partial charge in [0.2, 0.25) is 0 Å². The van der Waals surface area contributed by atoms with Gasteiger partial charge in [0.25, 0.3) is 5.91 Å². The lowest BCUT2D eigenvalue weighted by molar-refractivity contribution is -0.119. The Hall–Kier alpha value is -2.87. The van der Waals surface area contributed by atoms with E-state index in [-0.39, 0.29) is 12.5 Å². The number of amides is 1. The highest BCUT2D eigenvalue weighted by atomic mass is 127. The number of nitrogens with one attached hydrogen (secondary N) is 2. The number of nitrogens with zero attached hydrogens (tertiary/aromatic N) is 1. The average Bonchev–Trinajstić information content (AvgIpc) is 2.68. The van der Waals surface area contributed by atoms with Gasteiger partial charge in [-0.15, -0.1) is 0 Å². The molecular weight excluding hydrogens is 465 g/mol. The van der Waals surface area contributed by atoms with E-state index in [1.807, 2.05) is 73.7 Å². The maximum Gasteiger partial charge on any atom is 0.259 e. The van der Waals surface area contributed by atoms with Crippen LogP contribution in [0.4, 0.5) is 5.69 Å². The normalized spacial score (nSPS) is 10.6. The lowest BCUT2D eigenvalue weighted by Crippen LogP contribution is -2.26. The molecule has 0 unspecified atom stereocenters. The van der Waals surface area contributed by atoms with Crippen molar-refractivity contribution in [3.63, 3.8) is 0 Å². The molecule has 142 valence electrons. The molecule has 0 saturated heterocycles. The summed E-state index contributed by atoms with van der Waals surface area (Å²) < 4.78 is 6.95. The molecular formula is C22H20IN3O2. The Balaban J connectivity index is 1.51. The minimum atomic E-state index is -0.217. The van der Waals surface area contributed by atoms with Crippen molar-refractivity contribution in [3.05, 3.63) is 87.5 Å². The summed E-state index contributed by atoms with van der Waals surface area (Å²) in [6.45, 7) is 2.15.